The van der Waals surface area contributed by atoms with Crippen LogP contribution in [0, 0.1) is 11.8 Å². The minimum Gasteiger partial charge on any atom is -0.449 e. The number of carbonyl (C=O) groups excluding carboxylic acids is 2. The van der Waals surface area contributed by atoms with Crippen LogP contribution in [-0.2, 0) is 9.53 Å². The summed E-state index contributed by atoms with van der Waals surface area (Å²) in [6.07, 6.45) is 12.6. The van der Waals surface area contributed by atoms with E-state index in [-0.39, 0.29) is 18.4 Å². The number of ether oxygens (including phenoxy) is 1. The summed E-state index contributed by atoms with van der Waals surface area (Å²) in [4.78, 5) is 21.8. The molecular formula is C23H39NO6. The molecule has 30 heavy (non-hydrogen) atoms. The van der Waals surface area contributed by atoms with Crippen LogP contribution >= 0.6 is 0 Å². The Morgan fingerprint density at radius 3 is 2.60 bits per heavy atom. The van der Waals surface area contributed by atoms with Crippen LogP contribution in [0.3, 0.4) is 0 Å². The van der Waals surface area contributed by atoms with E-state index in [4.69, 9.17) is 4.74 Å². The maximum Gasteiger partial charge on any atom is 0.413 e. The number of nitrogens with one attached hydrogen (secondary N) is 1. The molecule has 1 rings (SSSR count). The number of aliphatic hydroxyl groups is 3. The van der Waals surface area contributed by atoms with Crippen molar-refractivity contribution >= 4 is 12.0 Å². The van der Waals surface area contributed by atoms with Crippen LogP contribution in [0.25, 0.3) is 0 Å². The molecule has 0 aliphatic heterocycles. The second-order valence-electron chi connectivity index (χ2n) is 8.08. The first kappa shape index (κ1) is 26.3. The number of amides is 2. The molecule has 0 spiro atoms. The topological polar surface area (TPSA) is 116 Å². The van der Waals surface area contributed by atoms with E-state index >= 15 is 0 Å². The van der Waals surface area contributed by atoms with Gasteiger partial charge in [0.15, 0.2) is 0 Å². The minimum absolute atomic E-state index is 0.0612. The van der Waals surface area contributed by atoms with Crippen molar-refractivity contribution in [2.75, 3.05) is 6.61 Å². The van der Waals surface area contributed by atoms with Gasteiger partial charge in [0.05, 0.1) is 24.9 Å². The zero-order chi connectivity index (χ0) is 22.4. The Kier molecular flexibility index (Phi) is 13.3. The summed E-state index contributed by atoms with van der Waals surface area (Å²) < 4.78 is 4.87. The molecule has 0 radical (unpaired) electrons. The van der Waals surface area contributed by atoms with Crippen LogP contribution in [-0.4, -0.2) is 52.2 Å². The van der Waals surface area contributed by atoms with E-state index in [0.29, 0.717) is 19.3 Å². The molecule has 0 saturated heterocycles. The highest BCUT2D eigenvalue weighted by atomic mass is 16.5. The Balaban J connectivity index is 2.32. The van der Waals surface area contributed by atoms with Gasteiger partial charge < -0.3 is 20.1 Å². The van der Waals surface area contributed by atoms with Crippen molar-refractivity contribution in [3.8, 4) is 0 Å². The van der Waals surface area contributed by atoms with Crippen LogP contribution < -0.4 is 5.32 Å². The standard InChI is InChI=1S/C23H39NO6/c1-3-4-8-11-18(26)13-14-20-19(21(27)16-22(20)28)12-9-6-5-7-10-15-30-23(29)24-17(2)25/h6,9,13-14,18-22,26-28H,3-5,7-8,10-12,15-16H2,1-2H3,(H,24,25,29)/b9-6-,14-13+/t18-,19+,20+,21-,22+/m0/s1. The predicted molar refractivity (Wildman–Crippen MR) is 116 cm³/mol. The number of alkyl carbamates (subject to hydrolysis) is 1. The van der Waals surface area contributed by atoms with Crippen molar-refractivity contribution in [3.63, 3.8) is 0 Å². The van der Waals surface area contributed by atoms with Crippen LogP contribution in [0.1, 0.15) is 71.6 Å². The van der Waals surface area contributed by atoms with Gasteiger partial charge in [0, 0.05) is 19.3 Å². The predicted octanol–water partition coefficient (Wildman–Crippen LogP) is 3.23. The van der Waals surface area contributed by atoms with Crippen molar-refractivity contribution in [3.05, 3.63) is 24.3 Å². The van der Waals surface area contributed by atoms with E-state index < -0.39 is 30.3 Å². The maximum atomic E-state index is 11.2. The largest absolute Gasteiger partial charge is 0.449 e. The van der Waals surface area contributed by atoms with Gasteiger partial charge in [-0.25, -0.2) is 4.79 Å². The summed E-state index contributed by atoms with van der Waals surface area (Å²) in [5, 5.41) is 32.7. The highest BCUT2D eigenvalue weighted by Gasteiger charge is 2.39. The Morgan fingerprint density at radius 2 is 1.90 bits per heavy atom. The number of unbranched alkanes of at least 4 members (excludes halogenated alkanes) is 4. The molecule has 1 aliphatic rings. The normalized spacial score (nSPS) is 25.1. The molecule has 1 fully saturated rings. The molecule has 0 heterocycles. The summed E-state index contributed by atoms with van der Waals surface area (Å²) in [7, 11) is 0. The van der Waals surface area contributed by atoms with Gasteiger partial charge in [0.2, 0.25) is 5.91 Å². The second-order valence-corrected chi connectivity index (χ2v) is 8.08. The lowest BCUT2D eigenvalue weighted by molar-refractivity contribution is -0.118. The first-order valence-corrected chi connectivity index (χ1v) is 11.2. The lowest BCUT2D eigenvalue weighted by atomic mass is 9.89. The lowest BCUT2D eigenvalue weighted by Crippen LogP contribution is -2.28. The molecule has 0 aromatic rings. The average molecular weight is 426 g/mol. The number of aliphatic hydroxyl groups excluding tert-OH is 3. The van der Waals surface area contributed by atoms with Gasteiger partial charge in [-0.1, -0.05) is 50.5 Å². The molecule has 1 saturated carbocycles. The summed E-state index contributed by atoms with van der Waals surface area (Å²) in [6, 6.07) is 0. The third-order valence-electron chi connectivity index (χ3n) is 5.43. The molecule has 7 heteroatoms. The molecule has 0 bridgehead atoms. The first-order valence-electron chi connectivity index (χ1n) is 11.2. The first-order chi connectivity index (χ1) is 14.3. The fraction of sp³-hybridized carbons (Fsp3) is 0.739. The quantitative estimate of drug-likeness (QED) is 0.266. The molecule has 0 unspecified atom stereocenters. The lowest BCUT2D eigenvalue weighted by Gasteiger charge is -2.19. The van der Waals surface area contributed by atoms with Gasteiger partial charge in [-0.15, -0.1) is 0 Å². The molecular weight excluding hydrogens is 386 g/mol. The summed E-state index contributed by atoms with van der Waals surface area (Å²) in [6.45, 7) is 3.63. The number of imide groups is 1. The molecule has 0 aromatic carbocycles. The zero-order valence-corrected chi connectivity index (χ0v) is 18.3. The van der Waals surface area contributed by atoms with Gasteiger partial charge in [-0.3, -0.25) is 10.1 Å². The highest BCUT2D eigenvalue weighted by Crippen LogP contribution is 2.36. The zero-order valence-electron chi connectivity index (χ0n) is 18.3. The molecule has 2 amide bonds. The molecule has 1 aliphatic carbocycles. The number of hydrogen-bond donors (Lipinski definition) is 4. The second kappa shape index (κ2) is 15.2. The fourth-order valence-electron chi connectivity index (χ4n) is 3.74. The maximum absolute atomic E-state index is 11.2. The van der Waals surface area contributed by atoms with Crippen LogP contribution in [0.4, 0.5) is 4.79 Å². The summed E-state index contributed by atoms with van der Waals surface area (Å²) in [5.41, 5.74) is 0. The number of hydrogen-bond acceptors (Lipinski definition) is 6. The molecule has 4 N–H and O–H groups in total. The Labute approximate surface area is 180 Å². The molecule has 5 atom stereocenters. The van der Waals surface area contributed by atoms with Gasteiger partial charge in [-0.2, -0.15) is 0 Å². The van der Waals surface area contributed by atoms with E-state index in [0.717, 1.165) is 38.5 Å². The van der Waals surface area contributed by atoms with E-state index in [1.54, 1.807) is 6.08 Å². The SMILES string of the molecule is CCCCC[C@H](O)/C=C/[C@@H]1[C@@H](C/C=C\CCCCOC(=O)NC(C)=O)[C@@H](O)C[C@H]1O. The number of rotatable bonds is 13. The summed E-state index contributed by atoms with van der Waals surface area (Å²) >= 11 is 0. The Hall–Kier alpha value is -1.70. The smallest absolute Gasteiger partial charge is 0.413 e. The van der Waals surface area contributed by atoms with Crippen molar-refractivity contribution in [1.82, 2.24) is 5.32 Å². The van der Waals surface area contributed by atoms with Crippen molar-refractivity contribution in [1.29, 1.82) is 0 Å². The average Bonchev–Trinajstić information content (AvgIpc) is 2.94. The Bertz CT molecular complexity index is 562. The van der Waals surface area contributed by atoms with Crippen LogP contribution in [0.15, 0.2) is 24.3 Å². The van der Waals surface area contributed by atoms with Gasteiger partial charge >= 0.3 is 6.09 Å². The molecule has 172 valence electrons. The Morgan fingerprint density at radius 1 is 1.13 bits per heavy atom. The third-order valence-corrected chi connectivity index (χ3v) is 5.43. The van der Waals surface area contributed by atoms with E-state index in [9.17, 15) is 24.9 Å². The van der Waals surface area contributed by atoms with Gasteiger partial charge in [0.25, 0.3) is 0 Å². The minimum atomic E-state index is -0.721. The van der Waals surface area contributed by atoms with Gasteiger partial charge in [0.1, 0.15) is 0 Å². The number of allylic oxidation sites excluding steroid dienone is 2. The van der Waals surface area contributed by atoms with Crippen molar-refractivity contribution in [2.24, 2.45) is 11.8 Å². The van der Waals surface area contributed by atoms with Crippen LogP contribution in [0.2, 0.25) is 0 Å². The van der Waals surface area contributed by atoms with Gasteiger partial charge in [-0.05, 0) is 38.0 Å². The van der Waals surface area contributed by atoms with Crippen molar-refractivity contribution < 1.29 is 29.6 Å². The van der Waals surface area contributed by atoms with Crippen molar-refractivity contribution in [2.45, 2.75) is 89.9 Å². The number of carbonyl (C=O) groups is 2. The highest BCUT2D eigenvalue weighted by molar-refractivity contribution is 5.90. The summed E-state index contributed by atoms with van der Waals surface area (Å²) in [5.74, 6) is -0.658. The van der Waals surface area contributed by atoms with E-state index in [1.807, 2.05) is 23.5 Å². The monoisotopic (exact) mass is 425 g/mol. The molecule has 0 aromatic heterocycles. The van der Waals surface area contributed by atoms with E-state index in [2.05, 4.69) is 6.92 Å². The van der Waals surface area contributed by atoms with Crippen LogP contribution in [0.5, 0.6) is 0 Å². The fourth-order valence-corrected chi connectivity index (χ4v) is 3.74. The third kappa shape index (κ3) is 10.9. The molecule has 7 nitrogen and oxygen atoms in total. The van der Waals surface area contributed by atoms with E-state index in [1.165, 1.54) is 6.92 Å².